The maximum Gasteiger partial charge on any atom is 0.249 e. The molecule has 1 atom stereocenters. The summed E-state index contributed by atoms with van der Waals surface area (Å²) in [6.45, 7) is 1.47. The van der Waals surface area contributed by atoms with E-state index in [0.717, 1.165) is 55.2 Å². The van der Waals surface area contributed by atoms with Gasteiger partial charge in [-0.05, 0) is 68.0 Å². The number of fused-ring (bicyclic) bond motifs is 1. The molecule has 166 valence electrons. The van der Waals surface area contributed by atoms with Crippen molar-refractivity contribution in [1.29, 1.82) is 0 Å². The third-order valence-corrected chi connectivity index (χ3v) is 6.86. The Morgan fingerprint density at radius 3 is 2.66 bits per heavy atom. The molecule has 5 rings (SSSR count). The van der Waals surface area contributed by atoms with Gasteiger partial charge in [-0.25, -0.2) is 5.06 Å². The van der Waals surface area contributed by atoms with Gasteiger partial charge in [0.15, 0.2) is 0 Å². The van der Waals surface area contributed by atoms with Crippen molar-refractivity contribution in [3.05, 3.63) is 66.1 Å². The first kappa shape index (κ1) is 20.7. The molecule has 2 aliphatic rings. The Hall–Kier alpha value is -3.19. The zero-order chi connectivity index (χ0) is 22.1. The fourth-order valence-corrected chi connectivity index (χ4v) is 5.09. The van der Waals surface area contributed by atoms with Crippen LogP contribution in [0.5, 0.6) is 0 Å². The summed E-state index contributed by atoms with van der Waals surface area (Å²) in [5, 5.41) is 2.61. The highest BCUT2D eigenvalue weighted by Gasteiger charge is 2.37. The van der Waals surface area contributed by atoms with Crippen molar-refractivity contribution < 1.29 is 14.4 Å². The summed E-state index contributed by atoms with van der Waals surface area (Å²) in [7, 11) is 0. The van der Waals surface area contributed by atoms with Crippen LogP contribution in [0.1, 0.15) is 54.2 Å². The standard InChI is InChI=1S/C25H28N4O3/c26-24(30)20-8-9-22-19(15-20)10-13-28(22)16-17-4-6-18(7-5-17)25(31)29-23(11-14-32-29)21-3-1-2-12-27-21/h1-3,8-10,12-13,15,17-18,23H,4-7,11,14,16H2,(H2,26,30)/t17?,18?,23-/m0/s1. The maximum absolute atomic E-state index is 13.2. The summed E-state index contributed by atoms with van der Waals surface area (Å²) >= 11 is 0. The minimum atomic E-state index is -0.407. The number of carbonyl (C=O) groups is 2. The van der Waals surface area contributed by atoms with Gasteiger partial charge in [0.1, 0.15) is 6.04 Å². The zero-order valence-electron chi connectivity index (χ0n) is 18.0. The molecule has 1 aliphatic carbocycles. The number of aromatic nitrogens is 2. The Morgan fingerprint density at radius 2 is 1.91 bits per heavy atom. The highest BCUT2D eigenvalue weighted by atomic mass is 16.7. The second-order valence-electron chi connectivity index (χ2n) is 8.88. The van der Waals surface area contributed by atoms with E-state index in [0.29, 0.717) is 18.1 Å². The van der Waals surface area contributed by atoms with Crippen LogP contribution in [0.3, 0.4) is 0 Å². The molecule has 0 radical (unpaired) electrons. The Bertz CT molecular complexity index is 1120. The highest BCUT2D eigenvalue weighted by Crippen LogP contribution is 2.36. The summed E-state index contributed by atoms with van der Waals surface area (Å²) < 4.78 is 2.24. The number of nitrogens with zero attached hydrogens (tertiary/aromatic N) is 3. The van der Waals surface area contributed by atoms with Gasteiger partial charge in [-0.15, -0.1) is 0 Å². The van der Waals surface area contributed by atoms with Gasteiger partial charge >= 0.3 is 0 Å². The summed E-state index contributed by atoms with van der Waals surface area (Å²) in [4.78, 5) is 34.8. The number of hydrogen-bond acceptors (Lipinski definition) is 4. The smallest absolute Gasteiger partial charge is 0.249 e. The molecule has 32 heavy (non-hydrogen) atoms. The lowest BCUT2D eigenvalue weighted by molar-refractivity contribution is -0.183. The first-order valence-corrected chi connectivity index (χ1v) is 11.4. The lowest BCUT2D eigenvalue weighted by Crippen LogP contribution is -2.37. The molecule has 2 amide bonds. The monoisotopic (exact) mass is 432 g/mol. The minimum absolute atomic E-state index is 0.00935. The van der Waals surface area contributed by atoms with E-state index in [1.54, 1.807) is 17.3 Å². The van der Waals surface area contributed by atoms with Crippen molar-refractivity contribution in [3.63, 3.8) is 0 Å². The quantitative estimate of drug-likeness (QED) is 0.663. The maximum atomic E-state index is 13.2. The van der Waals surface area contributed by atoms with Gasteiger partial charge in [-0.2, -0.15) is 0 Å². The van der Waals surface area contributed by atoms with Crippen molar-refractivity contribution >= 4 is 22.7 Å². The summed E-state index contributed by atoms with van der Waals surface area (Å²) in [5.41, 5.74) is 7.93. The summed E-state index contributed by atoms with van der Waals surface area (Å²) in [6.07, 6.45) is 8.40. The van der Waals surface area contributed by atoms with Crippen LogP contribution in [0, 0.1) is 11.8 Å². The van der Waals surface area contributed by atoms with Crippen molar-refractivity contribution in [3.8, 4) is 0 Å². The van der Waals surface area contributed by atoms with E-state index in [2.05, 4.69) is 15.7 Å². The SMILES string of the molecule is NC(=O)c1ccc2c(ccn2CC2CCC(C(=O)N3OCC[C@H]3c3ccccn3)CC2)c1. The molecule has 0 unspecified atom stereocenters. The molecule has 3 aromatic rings. The summed E-state index contributed by atoms with van der Waals surface area (Å²) in [6, 6.07) is 13.3. The van der Waals surface area contributed by atoms with E-state index in [-0.39, 0.29) is 17.9 Å². The number of hydrogen-bond donors (Lipinski definition) is 1. The van der Waals surface area contributed by atoms with Crippen molar-refractivity contribution in [1.82, 2.24) is 14.6 Å². The Morgan fingerprint density at radius 1 is 1.06 bits per heavy atom. The number of carbonyl (C=O) groups excluding carboxylic acids is 2. The number of benzene rings is 1. The van der Waals surface area contributed by atoms with Gasteiger partial charge in [0.05, 0.1) is 12.3 Å². The predicted octanol–water partition coefficient (Wildman–Crippen LogP) is 3.85. The molecule has 7 nitrogen and oxygen atoms in total. The molecule has 3 heterocycles. The van der Waals surface area contributed by atoms with Gasteiger partial charge in [-0.3, -0.25) is 19.4 Å². The van der Waals surface area contributed by atoms with Crippen molar-refractivity contribution in [2.24, 2.45) is 17.6 Å². The molecular formula is C25H28N4O3. The van der Waals surface area contributed by atoms with Crippen LogP contribution < -0.4 is 5.73 Å². The predicted molar refractivity (Wildman–Crippen MR) is 120 cm³/mol. The molecule has 0 bridgehead atoms. The van der Waals surface area contributed by atoms with Crippen LogP contribution in [0.25, 0.3) is 10.9 Å². The minimum Gasteiger partial charge on any atom is -0.366 e. The number of nitrogens with two attached hydrogens (primary N) is 1. The van der Waals surface area contributed by atoms with Gasteiger partial charge in [0, 0.05) is 47.7 Å². The fraction of sp³-hybridized carbons (Fsp3) is 0.400. The van der Waals surface area contributed by atoms with Gasteiger partial charge in [0.25, 0.3) is 0 Å². The number of amides is 2. The van der Waals surface area contributed by atoms with E-state index < -0.39 is 5.91 Å². The van der Waals surface area contributed by atoms with E-state index in [9.17, 15) is 9.59 Å². The molecule has 1 saturated heterocycles. The Labute approximate surface area is 187 Å². The highest BCUT2D eigenvalue weighted by molar-refractivity contribution is 5.97. The van der Waals surface area contributed by atoms with Crippen LogP contribution in [0.2, 0.25) is 0 Å². The lowest BCUT2D eigenvalue weighted by atomic mass is 9.81. The van der Waals surface area contributed by atoms with E-state index in [1.807, 2.05) is 36.4 Å². The number of rotatable bonds is 5. The second kappa shape index (κ2) is 8.74. The summed E-state index contributed by atoms with van der Waals surface area (Å²) in [5.74, 6) is 0.226. The third-order valence-electron chi connectivity index (χ3n) is 6.86. The van der Waals surface area contributed by atoms with Gasteiger partial charge < -0.3 is 10.3 Å². The van der Waals surface area contributed by atoms with Crippen LogP contribution in [0.4, 0.5) is 0 Å². The van der Waals surface area contributed by atoms with Crippen LogP contribution >= 0.6 is 0 Å². The molecule has 2 N–H and O–H groups in total. The molecule has 0 spiro atoms. The van der Waals surface area contributed by atoms with Crippen LogP contribution in [-0.4, -0.2) is 33.0 Å². The average molecular weight is 433 g/mol. The van der Waals surface area contributed by atoms with Crippen LogP contribution in [-0.2, 0) is 16.2 Å². The normalized spacial score (nSPS) is 23.5. The zero-order valence-corrected chi connectivity index (χ0v) is 18.0. The Kier molecular flexibility index (Phi) is 5.66. The molecule has 1 saturated carbocycles. The topological polar surface area (TPSA) is 90.5 Å². The van der Waals surface area contributed by atoms with Crippen LogP contribution in [0.15, 0.2) is 54.9 Å². The third kappa shape index (κ3) is 4.00. The Balaban J connectivity index is 1.20. The van der Waals surface area contributed by atoms with Gasteiger partial charge in [0.2, 0.25) is 11.8 Å². The second-order valence-corrected chi connectivity index (χ2v) is 8.88. The fourth-order valence-electron chi connectivity index (χ4n) is 5.09. The first-order chi connectivity index (χ1) is 15.6. The largest absolute Gasteiger partial charge is 0.366 e. The van der Waals surface area contributed by atoms with Gasteiger partial charge in [-0.1, -0.05) is 6.07 Å². The van der Waals surface area contributed by atoms with Crippen molar-refractivity contribution in [2.45, 2.75) is 44.7 Å². The number of hydroxylamine groups is 2. The molecule has 2 aromatic heterocycles. The molecular weight excluding hydrogens is 404 g/mol. The molecule has 7 heteroatoms. The van der Waals surface area contributed by atoms with E-state index in [1.165, 1.54) is 0 Å². The molecule has 1 aliphatic heterocycles. The number of primary amides is 1. The lowest BCUT2D eigenvalue weighted by Gasteiger charge is -2.32. The van der Waals surface area contributed by atoms with E-state index >= 15 is 0 Å². The van der Waals surface area contributed by atoms with E-state index in [4.69, 9.17) is 10.6 Å². The number of pyridine rings is 1. The van der Waals surface area contributed by atoms with Crippen molar-refractivity contribution in [2.75, 3.05) is 6.61 Å². The average Bonchev–Trinajstić information content (AvgIpc) is 3.47. The molecule has 2 fully saturated rings. The molecule has 1 aromatic carbocycles. The first-order valence-electron chi connectivity index (χ1n) is 11.4.